The van der Waals surface area contributed by atoms with Crippen LogP contribution in [0.5, 0.6) is 0 Å². The zero-order valence-corrected chi connectivity index (χ0v) is 5.51. The maximum atomic E-state index is 11.7. The Kier molecular flexibility index (Phi) is 3.03. The van der Waals surface area contributed by atoms with Gasteiger partial charge in [0.2, 0.25) is 0 Å². The number of carbonyl (C=O) groups excluding carboxylic acids is 2. The summed E-state index contributed by atoms with van der Waals surface area (Å²) in [4.78, 5) is 19.7. The number of rotatable bonds is 3. The van der Waals surface area contributed by atoms with Gasteiger partial charge in [-0.3, -0.25) is 9.59 Å². The predicted octanol–water partition coefficient (Wildman–Crippen LogP) is 0.679. The largest absolute Gasteiger partial charge is 0.447 e. The molecule has 0 aromatic rings. The van der Waals surface area contributed by atoms with Crippen molar-refractivity contribution in [3.05, 3.63) is 0 Å². The maximum Gasteiger partial charge on any atom is 0.432 e. The molecule has 3 nitrogen and oxygen atoms in total. The lowest BCUT2D eigenvalue weighted by Crippen LogP contribution is -2.37. The van der Waals surface area contributed by atoms with E-state index in [0.29, 0.717) is 6.92 Å². The van der Waals surface area contributed by atoms with Crippen LogP contribution < -0.4 is 0 Å². The number of ketones is 1. The summed E-state index contributed by atoms with van der Waals surface area (Å²) >= 11 is 0. The van der Waals surface area contributed by atoms with E-state index in [1.165, 1.54) is 0 Å². The topological polar surface area (TPSA) is 43.4 Å². The molecule has 1 unspecified atom stereocenters. The lowest BCUT2D eigenvalue weighted by atomic mass is 10.2. The Morgan fingerprint density at radius 3 is 2.09 bits per heavy atom. The molecule has 0 aliphatic heterocycles. The highest BCUT2D eigenvalue weighted by Crippen LogP contribution is 2.22. The van der Waals surface area contributed by atoms with Gasteiger partial charge in [-0.15, -0.1) is 0 Å². The van der Waals surface area contributed by atoms with Gasteiger partial charge in [0.1, 0.15) is 0 Å². The van der Waals surface area contributed by atoms with Gasteiger partial charge in [0, 0.05) is 0 Å². The summed E-state index contributed by atoms with van der Waals surface area (Å²) in [6.07, 6.45) is -7.44. The third kappa shape index (κ3) is 3.01. The quantitative estimate of drug-likeness (QED) is 0.585. The molecule has 1 atom stereocenters. The van der Waals surface area contributed by atoms with Crippen LogP contribution >= 0.6 is 0 Å². The normalized spacial score (nSPS) is 13.8. The summed E-state index contributed by atoms with van der Waals surface area (Å²) in [5, 5.41) is 0. The molecule has 0 N–H and O–H groups in total. The molecule has 0 saturated heterocycles. The number of halogens is 3. The van der Waals surface area contributed by atoms with E-state index in [-0.39, 0.29) is 0 Å². The van der Waals surface area contributed by atoms with E-state index in [9.17, 15) is 22.8 Å². The number of Topliss-reactive ketones (excluding diaryl/α,β-unsaturated/α-hetero) is 1. The number of hydrogen-bond acceptors (Lipinski definition) is 3. The second-order valence-electron chi connectivity index (χ2n) is 1.76. The molecule has 0 aromatic carbocycles. The second-order valence-corrected chi connectivity index (χ2v) is 1.76. The Labute approximate surface area is 60.1 Å². The second kappa shape index (κ2) is 3.36. The summed E-state index contributed by atoms with van der Waals surface area (Å²) in [5.41, 5.74) is 0. The van der Waals surface area contributed by atoms with Crippen LogP contribution in [-0.4, -0.2) is 24.5 Å². The first-order valence-electron chi connectivity index (χ1n) is 2.56. The van der Waals surface area contributed by atoms with Crippen LogP contribution in [0.2, 0.25) is 0 Å². The molecule has 64 valence electrons. The van der Waals surface area contributed by atoms with Crippen LogP contribution in [0.25, 0.3) is 0 Å². The molecular formula is C5H5F3O3. The first kappa shape index (κ1) is 9.93. The van der Waals surface area contributed by atoms with Gasteiger partial charge in [0.15, 0.2) is 5.78 Å². The molecule has 0 aliphatic rings. The van der Waals surface area contributed by atoms with Crippen LogP contribution in [0, 0.1) is 0 Å². The summed E-state index contributed by atoms with van der Waals surface area (Å²) in [5.74, 6) is -1.25. The van der Waals surface area contributed by atoms with Crippen molar-refractivity contribution >= 4 is 12.3 Å². The van der Waals surface area contributed by atoms with Crippen LogP contribution in [0.4, 0.5) is 13.2 Å². The fourth-order valence-electron chi connectivity index (χ4n) is 0.459. The van der Waals surface area contributed by atoms with E-state index >= 15 is 0 Å². The molecule has 0 aromatic heterocycles. The van der Waals surface area contributed by atoms with Gasteiger partial charge in [-0.05, 0) is 6.92 Å². The zero-order chi connectivity index (χ0) is 9.07. The average molecular weight is 170 g/mol. The maximum absolute atomic E-state index is 11.7. The smallest absolute Gasteiger partial charge is 0.432 e. The van der Waals surface area contributed by atoms with Crippen LogP contribution in [-0.2, 0) is 14.3 Å². The van der Waals surface area contributed by atoms with E-state index in [1.807, 2.05) is 0 Å². The highest BCUT2D eigenvalue weighted by Gasteiger charge is 2.44. The highest BCUT2D eigenvalue weighted by molar-refractivity contribution is 5.82. The minimum Gasteiger partial charge on any atom is -0.447 e. The van der Waals surface area contributed by atoms with Crippen LogP contribution in [0.1, 0.15) is 6.92 Å². The third-order valence-corrected chi connectivity index (χ3v) is 0.858. The van der Waals surface area contributed by atoms with Gasteiger partial charge in [-0.1, -0.05) is 0 Å². The zero-order valence-electron chi connectivity index (χ0n) is 5.51. The number of hydrogen-bond donors (Lipinski definition) is 0. The lowest BCUT2D eigenvalue weighted by Gasteiger charge is -2.14. The molecular weight excluding hydrogens is 165 g/mol. The molecule has 11 heavy (non-hydrogen) atoms. The van der Waals surface area contributed by atoms with E-state index < -0.39 is 24.5 Å². The summed E-state index contributed by atoms with van der Waals surface area (Å²) in [7, 11) is 0. The fourth-order valence-corrected chi connectivity index (χ4v) is 0.459. The molecule has 0 amide bonds. The predicted molar refractivity (Wildman–Crippen MR) is 27.7 cm³/mol. The Balaban J connectivity index is 4.34. The average Bonchev–Trinajstić information content (AvgIpc) is 1.79. The van der Waals surface area contributed by atoms with Gasteiger partial charge >= 0.3 is 6.18 Å². The number of alkyl halides is 3. The number of carbonyl (C=O) groups is 2. The van der Waals surface area contributed by atoms with Crippen LogP contribution in [0.15, 0.2) is 0 Å². The van der Waals surface area contributed by atoms with Crippen molar-refractivity contribution in [2.75, 3.05) is 0 Å². The molecule has 0 fully saturated rings. The van der Waals surface area contributed by atoms with Crippen molar-refractivity contribution in [2.24, 2.45) is 0 Å². The standard InChI is InChI=1S/C5H5F3O3/c1-3(10)4(11-2-9)5(6,7)8/h2,4H,1H3. The van der Waals surface area contributed by atoms with Crippen molar-refractivity contribution in [3.8, 4) is 0 Å². The summed E-state index contributed by atoms with van der Waals surface area (Å²) in [6.45, 7) is 0.293. The fraction of sp³-hybridized carbons (Fsp3) is 0.600. The molecule has 0 aliphatic carbocycles. The van der Waals surface area contributed by atoms with Gasteiger partial charge < -0.3 is 4.74 Å². The monoisotopic (exact) mass is 170 g/mol. The minimum atomic E-state index is -4.81. The van der Waals surface area contributed by atoms with Crippen molar-refractivity contribution in [1.29, 1.82) is 0 Å². The van der Waals surface area contributed by atoms with Crippen molar-refractivity contribution < 1.29 is 27.5 Å². The van der Waals surface area contributed by atoms with E-state index in [0.717, 1.165) is 0 Å². The van der Waals surface area contributed by atoms with Crippen molar-refractivity contribution in [3.63, 3.8) is 0 Å². The molecule has 0 saturated carbocycles. The SMILES string of the molecule is CC(=O)C(OC=O)C(F)(F)F. The highest BCUT2D eigenvalue weighted by atomic mass is 19.4. The van der Waals surface area contributed by atoms with Gasteiger partial charge in [-0.2, -0.15) is 13.2 Å². The van der Waals surface area contributed by atoms with E-state index in [2.05, 4.69) is 4.74 Å². The molecule has 0 spiro atoms. The number of ether oxygens (including phenoxy) is 1. The van der Waals surface area contributed by atoms with Crippen LogP contribution in [0.3, 0.4) is 0 Å². The molecule has 0 rings (SSSR count). The first-order chi connectivity index (χ1) is 4.89. The summed E-state index contributed by atoms with van der Waals surface area (Å²) < 4.78 is 38.5. The van der Waals surface area contributed by atoms with Gasteiger partial charge in [0.05, 0.1) is 0 Å². The Bertz CT molecular complexity index is 163. The van der Waals surface area contributed by atoms with Gasteiger partial charge in [0.25, 0.3) is 12.6 Å². The third-order valence-electron chi connectivity index (χ3n) is 0.858. The Hall–Kier alpha value is -1.07. The van der Waals surface area contributed by atoms with E-state index in [4.69, 9.17) is 0 Å². The molecule has 0 bridgehead atoms. The molecule has 0 heterocycles. The van der Waals surface area contributed by atoms with E-state index in [1.54, 1.807) is 0 Å². The molecule has 0 radical (unpaired) electrons. The Morgan fingerprint density at radius 2 is 2.00 bits per heavy atom. The molecule has 6 heteroatoms. The van der Waals surface area contributed by atoms with Crippen molar-refractivity contribution in [1.82, 2.24) is 0 Å². The Morgan fingerprint density at radius 1 is 1.55 bits per heavy atom. The minimum absolute atomic E-state index is 0.403. The summed E-state index contributed by atoms with van der Waals surface area (Å²) in [6, 6.07) is 0. The first-order valence-corrected chi connectivity index (χ1v) is 2.56. The van der Waals surface area contributed by atoms with Gasteiger partial charge in [-0.25, -0.2) is 0 Å². The lowest BCUT2D eigenvalue weighted by molar-refractivity contribution is -0.212. The van der Waals surface area contributed by atoms with Crippen molar-refractivity contribution in [2.45, 2.75) is 19.2 Å².